The van der Waals surface area contributed by atoms with E-state index in [0.29, 0.717) is 25.4 Å². The molecule has 0 radical (unpaired) electrons. The predicted molar refractivity (Wildman–Crippen MR) is 67.3 cm³/mol. The molecular weight excluding hydrogens is 216 g/mol. The third-order valence-electron chi connectivity index (χ3n) is 2.69. The monoisotopic (exact) mass is 238 g/mol. The Labute approximate surface area is 102 Å². The van der Waals surface area contributed by atoms with Crippen LogP contribution in [0.5, 0.6) is 0 Å². The van der Waals surface area contributed by atoms with Crippen molar-refractivity contribution in [2.45, 2.75) is 39.3 Å². The van der Waals surface area contributed by atoms with Crippen LogP contribution in [0.2, 0.25) is 0 Å². The van der Waals surface area contributed by atoms with Gasteiger partial charge in [-0.1, -0.05) is 6.92 Å². The lowest BCUT2D eigenvalue weighted by molar-refractivity contribution is -0.122. The number of nitrogens with one attached hydrogen (secondary N) is 1. The summed E-state index contributed by atoms with van der Waals surface area (Å²) in [5.41, 5.74) is 5.51. The highest BCUT2D eigenvalue weighted by atomic mass is 16.1. The molecule has 17 heavy (non-hydrogen) atoms. The van der Waals surface area contributed by atoms with Crippen LogP contribution >= 0.6 is 0 Å². The van der Waals surface area contributed by atoms with E-state index in [9.17, 15) is 4.79 Å². The highest BCUT2D eigenvalue weighted by Gasteiger charge is 2.09. The smallest absolute Gasteiger partial charge is 0.220 e. The third-order valence-corrected chi connectivity index (χ3v) is 2.69. The minimum absolute atomic E-state index is 0.0879. The van der Waals surface area contributed by atoms with Gasteiger partial charge >= 0.3 is 0 Å². The van der Waals surface area contributed by atoms with E-state index in [1.807, 2.05) is 23.9 Å². The molecule has 1 heterocycles. The lowest BCUT2D eigenvalue weighted by Gasteiger charge is -2.14. The largest absolute Gasteiger partial charge is 0.352 e. The fraction of sp³-hybridized carbons (Fsp3) is 0.667. The number of nitrogens with two attached hydrogens (primary N) is 1. The number of aromatic nitrogens is 2. The van der Waals surface area contributed by atoms with Crippen LogP contribution in [-0.2, 0) is 11.3 Å². The van der Waals surface area contributed by atoms with Gasteiger partial charge < -0.3 is 11.1 Å². The summed E-state index contributed by atoms with van der Waals surface area (Å²) >= 11 is 0. The summed E-state index contributed by atoms with van der Waals surface area (Å²) in [5, 5.41) is 7.06. The van der Waals surface area contributed by atoms with Crippen molar-refractivity contribution >= 4 is 5.91 Å². The zero-order valence-electron chi connectivity index (χ0n) is 10.6. The molecule has 2 unspecified atom stereocenters. The normalized spacial score (nSPS) is 14.3. The maximum atomic E-state index is 11.6. The van der Waals surface area contributed by atoms with Crippen LogP contribution in [0.25, 0.3) is 0 Å². The van der Waals surface area contributed by atoms with Gasteiger partial charge in [0.2, 0.25) is 5.91 Å². The van der Waals surface area contributed by atoms with Crippen molar-refractivity contribution < 1.29 is 4.79 Å². The summed E-state index contributed by atoms with van der Waals surface area (Å²) in [4.78, 5) is 11.6. The lowest BCUT2D eigenvalue weighted by atomic mass is 10.1. The maximum absolute atomic E-state index is 11.6. The van der Waals surface area contributed by atoms with E-state index < -0.39 is 0 Å². The molecule has 5 nitrogen and oxygen atoms in total. The van der Waals surface area contributed by atoms with Gasteiger partial charge in [-0.15, -0.1) is 0 Å². The third kappa shape index (κ3) is 5.49. The van der Waals surface area contributed by atoms with Gasteiger partial charge in [0.25, 0.3) is 0 Å². The van der Waals surface area contributed by atoms with Crippen molar-refractivity contribution in [1.29, 1.82) is 0 Å². The molecule has 3 N–H and O–H groups in total. The van der Waals surface area contributed by atoms with E-state index in [1.54, 1.807) is 6.20 Å². The first kappa shape index (κ1) is 13.7. The Kier molecular flexibility index (Phi) is 5.69. The van der Waals surface area contributed by atoms with Gasteiger partial charge in [0.05, 0.1) is 6.54 Å². The van der Waals surface area contributed by atoms with Crippen molar-refractivity contribution in [3.63, 3.8) is 0 Å². The average molecular weight is 238 g/mol. The van der Waals surface area contributed by atoms with E-state index >= 15 is 0 Å². The molecule has 1 aromatic heterocycles. The van der Waals surface area contributed by atoms with Crippen molar-refractivity contribution in [3.05, 3.63) is 18.5 Å². The Bertz CT molecular complexity index is 323. The summed E-state index contributed by atoms with van der Waals surface area (Å²) in [6.07, 6.45) is 5.01. The number of hydrogen-bond acceptors (Lipinski definition) is 3. The number of rotatable bonds is 7. The molecular formula is C12H22N4O. The highest BCUT2D eigenvalue weighted by molar-refractivity contribution is 5.76. The van der Waals surface area contributed by atoms with Crippen molar-refractivity contribution in [2.75, 3.05) is 6.54 Å². The van der Waals surface area contributed by atoms with Crippen LogP contribution in [-0.4, -0.2) is 28.3 Å². The number of carbonyl (C=O) groups is 1. The Morgan fingerprint density at radius 1 is 1.53 bits per heavy atom. The second-order valence-electron chi connectivity index (χ2n) is 4.58. The summed E-state index contributed by atoms with van der Waals surface area (Å²) in [5.74, 6) is 0.493. The molecule has 0 aliphatic carbocycles. The molecule has 0 spiro atoms. The molecule has 0 aliphatic rings. The van der Waals surface area contributed by atoms with Crippen LogP contribution in [0.3, 0.4) is 0 Å². The first-order valence-corrected chi connectivity index (χ1v) is 6.08. The fourth-order valence-electron chi connectivity index (χ4n) is 1.58. The molecule has 2 atom stereocenters. The standard InChI is InChI=1S/C12H22N4O/c1-10(8-13)4-5-12(17)15-11(2)9-16-7-3-6-14-16/h3,6-7,10-11H,4-5,8-9,13H2,1-2H3,(H,15,17). The molecule has 0 saturated heterocycles. The molecule has 1 rings (SSSR count). The molecule has 0 fully saturated rings. The van der Waals surface area contributed by atoms with Gasteiger partial charge in [-0.2, -0.15) is 5.10 Å². The quantitative estimate of drug-likeness (QED) is 0.736. The van der Waals surface area contributed by atoms with Crippen molar-refractivity contribution in [2.24, 2.45) is 11.7 Å². The van der Waals surface area contributed by atoms with Gasteiger partial charge in [-0.3, -0.25) is 9.48 Å². The topological polar surface area (TPSA) is 72.9 Å². The van der Waals surface area contributed by atoms with Crippen LogP contribution in [0.1, 0.15) is 26.7 Å². The Morgan fingerprint density at radius 3 is 2.88 bits per heavy atom. The molecule has 0 bridgehead atoms. The molecule has 96 valence electrons. The van der Waals surface area contributed by atoms with E-state index in [-0.39, 0.29) is 11.9 Å². The summed E-state index contributed by atoms with van der Waals surface area (Å²) in [7, 11) is 0. The van der Waals surface area contributed by atoms with Gasteiger partial charge in [-0.05, 0) is 31.9 Å². The van der Waals surface area contributed by atoms with Crippen LogP contribution in [0.4, 0.5) is 0 Å². The summed E-state index contributed by atoms with van der Waals surface area (Å²) < 4.78 is 1.81. The van der Waals surface area contributed by atoms with Gasteiger partial charge in [0, 0.05) is 24.9 Å². The van der Waals surface area contributed by atoms with Crippen LogP contribution < -0.4 is 11.1 Å². The van der Waals surface area contributed by atoms with Crippen LogP contribution in [0.15, 0.2) is 18.5 Å². The van der Waals surface area contributed by atoms with Crippen LogP contribution in [0, 0.1) is 5.92 Å². The fourth-order valence-corrected chi connectivity index (χ4v) is 1.58. The van der Waals surface area contributed by atoms with Gasteiger partial charge in [0.1, 0.15) is 0 Å². The SMILES string of the molecule is CC(CN)CCC(=O)NC(C)Cn1cccn1. The molecule has 0 aliphatic heterocycles. The summed E-state index contributed by atoms with van der Waals surface area (Å²) in [6.45, 7) is 5.37. The molecule has 0 aromatic carbocycles. The predicted octanol–water partition coefficient (Wildman–Crippen LogP) is 0.763. The molecule has 0 saturated carbocycles. The van der Waals surface area contributed by atoms with E-state index in [2.05, 4.69) is 17.3 Å². The minimum Gasteiger partial charge on any atom is -0.352 e. The Balaban J connectivity index is 2.21. The molecule has 1 aromatic rings. The van der Waals surface area contributed by atoms with Gasteiger partial charge in [-0.25, -0.2) is 0 Å². The number of carbonyl (C=O) groups excluding carboxylic acids is 1. The summed E-state index contributed by atoms with van der Waals surface area (Å²) in [6, 6.07) is 1.97. The Morgan fingerprint density at radius 2 is 2.29 bits per heavy atom. The van der Waals surface area contributed by atoms with Crippen molar-refractivity contribution in [3.8, 4) is 0 Å². The Hall–Kier alpha value is -1.36. The number of nitrogens with zero attached hydrogens (tertiary/aromatic N) is 2. The zero-order valence-corrected chi connectivity index (χ0v) is 10.6. The average Bonchev–Trinajstić information content (AvgIpc) is 2.78. The maximum Gasteiger partial charge on any atom is 0.220 e. The van der Waals surface area contributed by atoms with E-state index in [0.717, 1.165) is 6.42 Å². The molecule has 1 amide bonds. The minimum atomic E-state index is 0.0879. The van der Waals surface area contributed by atoms with Gasteiger partial charge in [0.15, 0.2) is 0 Å². The molecule has 5 heteroatoms. The van der Waals surface area contributed by atoms with Crippen molar-refractivity contribution in [1.82, 2.24) is 15.1 Å². The highest BCUT2D eigenvalue weighted by Crippen LogP contribution is 2.03. The second-order valence-corrected chi connectivity index (χ2v) is 4.58. The number of amides is 1. The lowest BCUT2D eigenvalue weighted by Crippen LogP contribution is -2.36. The second kappa shape index (κ2) is 7.06. The first-order valence-electron chi connectivity index (χ1n) is 6.08. The van der Waals surface area contributed by atoms with E-state index in [1.165, 1.54) is 0 Å². The zero-order chi connectivity index (χ0) is 12.7. The number of hydrogen-bond donors (Lipinski definition) is 2. The first-order chi connectivity index (χ1) is 8.11. The van der Waals surface area contributed by atoms with E-state index in [4.69, 9.17) is 5.73 Å².